The first kappa shape index (κ1) is 21.7. The molecule has 3 aromatic rings. The van der Waals surface area contributed by atoms with Crippen molar-refractivity contribution in [1.82, 2.24) is 14.8 Å². The highest BCUT2D eigenvalue weighted by atomic mass is 32.2. The minimum Gasteiger partial charge on any atom is -0.497 e. The number of carbonyl (C=O) groups excluding carboxylic acids is 1. The van der Waals surface area contributed by atoms with Gasteiger partial charge in [-0.05, 0) is 62.2 Å². The van der Waals surface area contributed by atoms with Crippen LogP contribution in [0.2, 0.25) is 0 Å². The lowest BCUT2D eigenvalue weighted by atomic mass is 10.1. The third kappa shape index (κ3) is 5.33. The van der Waals surface area contributed by atoms with E-state index in [9.17, 15) is 4.79 Å². The molecule has 2 N–H and O–H groups in total. The van der Waals surface area contributed by atoms with Crippen LogP contribution < -0.4 is 15.4 Å². The quantitative estimate of drug-likeness (QED) is 0.499. The molecule has 1 amide bonds. The maximum Gasteiger partial charge on any atom is 0.234 e. The van der Waals surface area contributed by atoms with Crippen molar-refractivity contribution in [1.29, 1.82) is 0 Å². The van der Waals surface area contributed by atoms with E-state index >= 15 is 0 Å². The number of benzene rings is 2. The summed E-state index contributed by atoms with van der Waals surface area (Å²) in [5.41, 5.74) is 4.06. The van der Waals surface area contributed by atoms with E-state index in [1.165, 1.54) is 11.8 Å². The second-order valence-corrected chi connectivity index (χ2v) is 7.75. The lowest BCUT2D eigenvalue weighted by molar-refractivity contribution is -0.113. The van der Waals surface area contributed by atoms with Crippen molar-refractivity contribution < 1.29 is 9.53 Å². The summed E-state index contributed by atoms with van der Waals surface area (Å²) >= 11 is 1.39. The van der Waals surface area contributed by atoms with E-state index in [2.05, 4.69) is 20.8 Å². The SMILES string of the molecule is CCn1c(CNc2ccc(OC)cc2)nnc1SCC(=O)Nc1cccc(C)c1C. The predicted octanol–water partition coefficient (Wildman–Crippen LogP) is 4.27. The number of amides is 1. The van der Waals surface area contributed by atoms with Crippen LogP contribution in [-0.2, 0) is 17.9 Å². The van der Waals surface area contributed by atoms with Crippen LogP contribution in [0.1, 0.15) is 23.9 Å². The van der Waals surface area contributed by atoms with Gasteiger partial charge in [0.15, 0.2) is 11.0 Å². The summed E-state index contributed by atoms with van der Waals surface area (Å²) in [7, 11) is 1.65. The molecular formula is C22H27N5O2S. The Hall–Kier alpha value is -3.00. The number of thioether (sulfide) groups is 1. The van der Waals surface area contributed by atoms with Gasteiger partial charge in [0, 0.05) is 17.9 Å². The summed E-state index contributed by atoms with van der Waals surface area (Å²) in [6, 6.07) is 13.6. The highest BCUT2D eigenvalue weighted by molar-refractivity contribution is 7.99. The first-order valence-corrected chi connectivity index (χ1v) is 10.8. The molecule has 0 aliphatic carbocycles. The Balaban J connectivity index is 1.58. The fourth-order valence-corrected chi connectivity index (χ4v) is 3.79. The summed E-state index contributed by atoms with van der Waals surface area (Å²) in [6.07, 6.45) is 0. The second kappa shape index (κ2) is 10.2. The molecule has 7 nitrogen and oxygen atoms in total. The Morgan fingerprint density at radius 2 is 1.90 bits per heavy atom. The van der Waals surface area contributed by atoms with Crippen LogP contribution in [0.3, 0.4) is 0 Å². The zero-order valence-corrected chi connectivity index (χ0v) is 18.5. The summed E-state index contributed by atoms with van der Waals surface area (Å²) in [6.45, 7) is 7.36. The third-order valence-electron chi connectivity index (χ3n) is 4.86. The normalized spacial score (nSPS) is 10.7. The molecule has 1 heterocycles. The molecule has 0 aliphatic rings. The number of anilines is 2. The third-order valence-corrected chi connectivity index (χ3v) is 5.83. The van der Waals surface area contributed by atoms with Crippen LogP contribution in [0.4, 0.5) is 11.4 Å². The molecule has 0 radical (unpaired) electrons. The minimum atomic E-state index is -0.0581. The van der Waals surface area contributed by atoms with Crippen LogP contribution in [0.15, 0.2) is 47.6 Å². The van der Waals surface area contributed by atoms with E-state index in [1.807, 2.05) is 67.8 Å². The standard InChI is InChI=1S/C22H27N5O2S/c1-5-27-20(13-23-17-9-11-18(29-4)12-10-17)25-26-22(27)30-14-21(28)24-19-8-6-7-15(2)16(19)3/h6-12,23H,5,13-14H2,1-4H3,(H,24,28). The Kier molecular flexibility index (Phi) is 7.35. The summed E-state index contributed by atoms with van der Waals surface area (Å²) in [4.78, 5) is 12.4. The smallest absolute Gasteiger partial charge is 0.234 e. The maximum absolute atomic E-state index is 12.4. The number of carbonyl (C=O) groups is 1. The lowest BCUT2D eigenvalue weighted by Crippen LogP contribution is -2.16. The van der Waals surface area contributed by atoms with Gasteiger partial charge in [-0.25, -0.2) is 0 Å². The van der Waals surface area contributed by atoms with Crippen molar-refractivity contribution in [2.75, 3.05) is 23.5 Å². The van der Waals surface area contributed by atoms with Crippen LogP contribution in [0.25, 0.3) is 0 Å². The zero-order valence-electron chi connectivity index (χ0n) is 17.7. The Morgan fingerprint density at radius 1 is 1.13 bits per heavy atom. The van der Waals surface area contributed by atoms with Gasteiger partial charge in [-0.15, -0.1) is 10.2 Å². The first-order chi connectivity index (χ1) is 14.5. The summed E-state index contributed by atoms with van der Waals surface area (Å²) < 4.78 is 7.20. The van der Waals surface area contributed by atoms with E-state index in [-0.39, 0.29) is 11.7 Å². The van der Waals surface area contributed by atoms with Gasteiger partial charge in [0.1, 0.15) is 5.75 Å². The largest absolute Gasteiger partial charge is 0.497 e. The van der Waals surface area contributed by atoms with E-state index in [1.54, 1.807) is 7.11 Å². The van der Waals surface area contributed by atoms with Gasteiger partial charge in [-0.2, -0.15) is 0 Å². The molecule has 8 heteroatoms. The molecule has 3 rings (SSSR count). The van der Waals surface area contributed by atoms with Crippen LogP contribution in [0.5, 0.6) is 5.75 Å². The molecule has 30 heavy (non-hydrogen) atoms. The topological polar surface area (TPSA) is 81.1 Å². The van der Waals surface area contributed by atoms with Gasteiger partial charge in [0.25, 0.3) is 0 Å². The fraction of sp³-hybridized carbons (Fsp3) is 0.318. The van der Waals surface area contributed by atoms with E-state index < -0.39 is 0 Å². The molecule has 2 aromatic carbocycles. The maximum atomic E-state index is 12.4. The van der Waals surface area contributed by atoms with Crippen molar-refractivity contribution in [2.45, 2.75) is 39.0 Å². The number of hydrogen-bond donors (Lipinski definition) is 2. The average molecular weight is 426 g/mol. The number of ether oxygens (including phenoxy) is 1. The molecule has 0 bridgehead atoms. The number of rotatable bonds is 9. The highest BCUT2D eigenvalue weighted by Gasteiger charge is 2.14. The lowest BCUT2D eigenvalue weighted by Gasteiger charge is -2.11. The van der Waals surface area contributed by atoms with E-state index in [0.29, 0.717) is 6.54 Å². The van der Waals surface area contributed by atoms with Gasteiger partial charge in [0.2, 0.25) is 5.91 Å². The average Bonchev–Trinajstić information content (AvgIpc) is 3.16. The molecule has 0 fully saturated rings. The molecule has 0 saturated carbocycles. The fourth-order valence-electron chi connectivity index (χ4n) is 2.97. The van der Waals surface area contributed by atoms with Gasteiger partial charge in [-0.1, -0.05) is 23.9 Å². The Labute approximate surface area is 181 Å². The van der Waals surface area contributed by atoms with Crippen molar-refractivity contribution in [3.05, 3.63) is 59.4 Å². The van der Waals surface area contributed by atoms with Crippen molar-refractivity contribution in [3.8, 4) is 5.75 Å². The van der Waals surface area contributed by atoms with Gasteiger partial charge in [-0.3, -0.25) is 4.79 Å². The first-order valence-electron chi connectivity index (χ1n) is 9.80. The number of hydrogen-bond acceptors (Lipinski definition) is 6. The minimum absolute atomic E-state index is 0.0581. The Bertz CT molecular complexity index is 1000. The number of aromatic nitrogens is 3. The summed E-state index contributed by atoms with van der Waals surface area (Å²) in [5, 5.41) is 15.6. The molecular weight excluding hydrogens is 398 g/mol. The summed E-state index contributed by atoms with van der Waals surface area (Å²) in [5.74, 6) is 1.86. The molecule has 0 aliphatic heterocycles. The van der Waals surface area contributed by atoms with Crippen LogP contribution >= 0.6 is 11.8 Å². The number of aryl methyl sites for hydroxylation is 1. The molecule has 0 unspecified atom stereocenters. The zero-order chi connectivity index (χ0) is 21.5. The van der Waals surface area contributed by atoms with E-state index in [0.717, 1.165) is 45.8 Å². The molecule has 0 atom stereocenters. The van der Waals surface area contributed by atoms with Crippen molar-refractivity contribution in [2.24, 2.45) is 0 Å². The monoisotopic (exact) mass is 425 g/mol. The Morgan fingerprint density at radius 3 is 2.60 bits per heavy atom. The molecule has 0 saturated heterocycles. The predicted molar refractivity (Wildman–Crippen MR) is 121 cm³/mol. The number of nitrogens with zero attached hydrogens (tertiary/aromatic N) is 3. The van der Waals surface area contributed by atoms with Crippen molar-refractivity contribution >= 4 is 29.0 Å². The van der Waals surface area contributed by atoms with Gasteiger partial charge >= 0.3 is 0 Å². The number of methoxy groups -OCH3 is 1. The van der Waals surface area contributed by atoms with Crippen LogP contribution in [-0.4, -0.2) is 33.5 Å². The highest BCUT2D eigenvalue weighted by Crippen LogP contribution is 2.21. The van der Waals surface area contributed by atoms with Gasteiger partial charge in [0.05, 0.1) is 19.4 Å². The van der Waals surface area contributed by atoms with Crippen LogP contribution in [0, 0.1) is 13.8 Å². The van der Waals surface area contributed by atoms with E-state index in [4.69, 9.17) is 4.74 Å². The number of nitrogens with one attached hydrogen (secondary N) is 2. The van der Waals surface area contributed by atoms with Gasteiger partial charge < -0.3 is 19.9 Å². The molecule has 158 valence electrons. The molecule has 0 spiro atoms. The van der Waals surface area contributed by atoms with Crippen molar-refractivity contribution in [3.63, 3.8) is 0 Å². The second-order valence-electron chi connectivity index (χ2n) is 6.81. The molecule has 1 aromatic heterocycles.